The number of ether oxygens (including phenoxy) is 1. The number of carbonyl (C=O) groups excluding carboxylic acids is 1. The van der Waals surface area contributed by atoms with E-state index in [1.54, 1.807) is 0 Å². The van der Waals surface area contributed by atoms with Crippen LogP contribution in [0.4, 0.5) is 13.2 Å². The summed E-state index contributed by atoms with van der Waals surface area (Å²) in [5.41, 5.74) is -0.0715. The molecule has 5 nitrogen and oxygen atoms in total. The maximum Gasteiger partial charge on any atom is 0.416 e. The monoisotopic (exact) mass is 276 g/mol. The number of hydrogen-bond acceptors (Lipinski definition) is 4. The van der Waals surface area contributed by atoms with E-state index in [0.717, 1.165) is 11.1 Å². The molecule has 104 valence electrons. The van der Waals surface area contributed by atoms with E-state index in [1.807, 2.05) is 0 Å². The Kier molecular flexibility index (Phi) is 3.61. The van der Waals surface area contributed by atoms with E-state index >= 15 is 0 Å². The number of pyridine rings is 1. The van der Waals surface area contributed by atoms with Crippen molar-refractivity contribution in [2.75, 3.05) is 19.7 Å². The van der Waals surface area contributed by atoms with Crippen molar-refractivity contribution in [3.8, 4) is 5.75 Å². The van der Waals surface area contributed by atoms with Gasteiger partial charge in [-0.1, -0.05) is 0 Å². The summed E-state index contributed by atoms with van der Waals surface area (Å²) in [6.07, 6.45) is -4.16. The van der Waals surface area contributed by atoms with Crippen molar-refractivity contribution in [3.05, 3.63) is 24.0 Å². The van der Waals surface area contributed by atoms with Crippen molar-refractivity contribution in [1.29, 1.82) is 0 Å². The molecule has 0 bridgehead atoms. The molecule has 0 aliphatic carbocycles. The van der Waals surface area contributed by atoms with Crippen LogP contribution in [-0.2, 0) is 4.74 Å². The molecule has 0 saturated carbocycles. The number of aromatic nitrogens is 1. The Bertz CT molecular complexity index is 478. The van der Waals surface area contributed by atoms with Crippen LogP contribution in [0.1, 0.15) is 10.4 Å². The summed E-state index contributed by atoms with van der Waals surface area (Å²) in [6, 6.07) is 1.26. The normalized spacial score (nSPS) is 20.4. The lowest BCUT2D eigenvalue weighted by Gasteiger charge is -2.33. The van der Waals surface area contributed by atoms with E-state index in [1.165, 1.54) is 12.3 Å². The number of alkyl halides is 3. The second kappa shape index (κ2) is 5.04. The van der Waals surface area contributed by atoms with Crippen LogP contribution in [0, 0.1) is 0 Å². The average molecular weight is 276 g/mol. The van der Waals surface area contributed by atoms with Crippen molar-refractivity contribution in [2.45, 2.75) is 12.3 Å². The SMILES string of the molecule is O=C(c1ccncc1O)N1CCOC(C(F)(F)F)C1. The summed E-state index contributed by atoms with van der Waals surface area (Å²) in [6.45, 7) is -0.723. The zero-order valence-electron chi connectivity index (χ0n) is 9.72. The fourth-order valence-electron chi connectivity index (χ4n) is 1.77. The van der Waals surface area contributed by atoms with Crippen LogP contribution in [-0.4, -0.2) is 52.9 Å². The minimum absolute atomic E-state index is 0.0488. The molecule has 1 fully saturated rings. The highest BCUT2D eigenvalue weighted by atomic mass is 19.4. The van der Waals surface area contributed by atoms with E-state index in [0.29, 0.717) is 0 Å². The highest BCUT2D eigenvalue weighted by Crippen LogP contribution is 2.27. The van der Waals surface area contributed by atoms with Gasteiger partial charge in [-0.3, -0.25) is 9.78 Å². The van der Waals surface area contributed by atoms with Gasteiger partial charge in [-0.05, 0) is 6.07 Å². The van der Waals surface area contributed by atoms with Gasteiger partial charge in [0.25, 0.3) is 5.91 Å². The van der Waals surface area contributed by atoms with Gasteiger partial charge in [-0.2, -0.15) is 13.2 Å². The van der Waals surface area contributed by atoms with E-state index in [2.05, 4.69) is 9.72 Å². The van der Waals surface area contributed by atoms with Gasteiger partial charge in [-0.25, -0.2) is 0 Å². The highest BCUT2D eigenvalue weighted by Gasteiger charge is 2.44. The number of rotatable bonds is 1. The largest absolute Gasteiger partial charge is 0.505 e. The van der Waals surface area contributed by atoms with Crippen LogP contribution < -0.4 is 0 Å². The summed E-state index contributed by atoms with van der Waals surface area (Å²) in [5, 5.41) is 9.47. The lowest BCUT2D eigenvalue weighted by Crippen LogP contribution is -2.51. The first kappa shape index (κ1) is 13.6. The molecular formula is C11H11F3N2O3. The third-order valence-electron chi connectivity index (χ3n) is 2.75. The van der Waals surface area contributed by atoms with Gasteiger partial charge >= 0.3 is 6.18 Å². The van der Waals surface area contributed by atoms with E-state index < -0.39 is 24.7 Å². The Hall–Kier alpha value is -1.83. The van der Waals surface area contributed by atoms with Gasteiger partial charge in [0.1, 0.15) is 5.75 Å². The third kappa shape index (κ3) is 2.95. The number of hydrogen-bond donors (Lipinski definition) is 1. The van der Waals surface area contributed by atoms with Crippen LogP contribution in [0.5, 0.6) is 5.75 Å². The van der Waals surface area contributed by atoms with Gasteiger partial charge in [0.2, 0.25) is 0 Å². The highest BCUT2D eigenvalue weighted by molar-refractivity contribution is 5.96. The first-order valence-corrected chi connectivity index (χ1v) is 5.50. The molecule has 1 aliphatic rings. The van der Waals surface area contributed by atoms with Crippen LogP contribution in [0.15, 0.2) is 18.5 Å². The van der Waals surface area contributed by atoms with Crippen LogP contribution in [0.3, 0.4) is 0 Å². The van der Waals surface area contributed by atoms with Crippen LogP contribution in [0.2, 0.25) is 0 Å². The summed E-state index contributed by atoms with van der Waals surface area (Å²) in [5.74, 6) is -1.03. The third-order valence-corrected chi connectivity index (χ3v) is 2.75. The molecule has 1 unspecified atom stereocenters. The summed E-state index contributed by atoms with van der Waals surface area (Å²) in [4.78, 5) is 16.6. The quantitative estimate of drug-likeness (QED) is 0.837. The first-order valence-electron chi connectivity index (χ1n) is 5.50. The van der Waals surface area contributed by atoms with Crippen molar-refractivity contribution in [2.24, 2.45) is 0 Å². The fourth-order valence-corrected chi connectivity index (χ4v) is 1.77. The van der Waals surface area contributed by atoms with Crippen molar-refractivity contribution < 1.29 is 27.8 Å². The molecule has 0 spiro atoms. The lowest BCUT2D eigenvalue weighted by atomic mass is 10.2. The van der Waals surface area contributed by atoms with E-state index in [-0.39, 0.29) is 24.5 Å². The second-order valence-corrected chi connectivity index (χ2v) is 4.05. The number of morpholine rings is 1. The van der Waals surface area contributed by atoms with Gasteiger partial charge in [0.15, 0.2) is 6.10 Å². The molecule has 1 saturated heterocycles. The predicted molar refractivity (Wildman–Crippen MR) is 57.6 cm³/mol. The lowest BCUT2D eigenvalue weighted by molar-refractivity contribution is -0.233. The maximum atomic E-state index is 12.5. The minimum atomic E-state index is -4.51. The Morgan fingerprint density at radius 1 is 1.53 bits per heavy atom. The van der Waals surface area contributed by atoms with Crippen molar-refractivity contribution >= 4 is 5.91 Å². The number of carbonyl (C=O) groups is 1. The molecule has 1 amide bonds. The number of halogens is 3. The minimum Gasteiger partial charge on any atom is -0.505 e. The van der Waals surface area contributed by atoms with Crippen molar-refractivity contribution in [3.63, 3.8) is 0 Å². The molecule has 1 aromatic rings. The van der Waals surface area contributed by atoms with E-state index in [9.17, 15) is 23.1 Å². The average Bonchev–Trinajstić information content (AvgIpc) is 2.38. The van der Waals surface area contributed by atoms with E-state index in [4.69, 9.17) is 0 Å². The molecule has 1 aliphatic heterocycles. The Balaban J connectivity index is 2.14. The van der Waals surface area contributed by atoms with Gasteiger partial charge in [0.05, 0.1) is 24.9 Å². The molecule has 0 radical (unpaired) electrons. The zero-order valence-corrected chi connectivity index (χ0v) is 9.72. The molecule has 19 heavy (non-hydrogen) atoms. The molecule has 2 rings (SSSR count). The Morgan fingerprint density at radius 3 is 2.89 bits per heavy atom. The van der Waals surface area contributed by atoms with Crippen LogP contribution in [0.25, 0.3) is 0 Å². The van der Waals surface area contributed by atoms with Gasteiger partial charge in [0, 0.05) is 12.7 Å². The molecule has 2 heterocycles. The standard InChI is InChI=1S/C11H11F3N2O3/c12-11(13,14)9-6-16(3-4-19-9)10(18)7-1-2-15-5-8(7)17/h1-2,5,9,17H,3-4,6H2. The molecule has 0 aromatic carbocycles. The Labute approximate surface area is 106 Å². The van der Waals surface area contributed by atoms with Gasteiger partial charge in [-0.15, -0.1) is 0 Å². The first-order chi connectivity index (χ1) is 8.89. The summed E-state index contributed by atoms with van der Waals surface area (Å²) < 4.78 is 42.2. The fraction of sp³-hybridized carbons (Fsp3) is 0.455. The molecule has 1 aromatic heterocycles. The predicted octanol–water partition coefficient (Wildman–Crippen LogP) is 1.19. The molecule has 1 atom stereocenters. The zero-order chi connectivity index (χ0) is 14.0. The smallest absolute Gasteiger partial charge is 0.416 e. The second-order valence-electron chi connectivity index (χ2n) is 4.05. The molecular weight excluding hydrogens is 265 g/mol. The molecule has 8 heteroatoms. The number of amides is 1. The maximum absolute atomic E-state index is 12.5. The number of nitrogens with zero attached hydrogens (tertiary/aromatic N) is 2. The number of aromatic hydroxyl groups is 1. The topological polar surface area (TPSA) is 62.7 Å². The van der Waals surface area contributed by atoms with Crippen LogP contribution >= 0.6 is 0 Å². The molecule has 1 N–H and O–H groups in total. The van der Waals surface area contributed by atoms with Gasteiger partial charge < -0.3 is 14.7 Å². The summed E-state index contributed by atoms with van der Waals surface area (Å²) >= 11 is 0. The Morgan fingerprint density at radius 2 is 2.26 bits per heavy atom. The summed E-state index contributed by atoms with van der Waals surface area (Å²) in [7, 11) is 0. The van der Waals surface area contributed by atoms with Crippen molar-refractivity contribution in [1.82, 2.24) is 9.88 Å².